The Labute approximate surface area is 137 Å². The maximum absolute atomic E-state index is 6.02. The molecule has 1 aliphatic heterocycles. The van der Waals surface area contributed by atoms with Crippen molar-refractivity contribution in [2.45, 2.75) is 45.8 Å². The van der Waals surface area contributed by atoms with Gasteiger partial charge in [0.25, 0.3) is 0 Å². The summed E-state index contributed by atoms with van der Waals surface area (Å²) in [5, 5.41) is 0. The van der Waals surface area contributed by atoms with Gasteiger partial charge in [-0.2, -0.15) is 0 Å². The average molecular weight is 311 g/mol. The Morgan fingerprint density at radius 2 is 1.52 bits per heavy atom. The van der Waals surface area contributed by atoms with Crippen LogP contribution in [0.25, 0.3) is 0 Å². The van der Waals surface area contributed by atoms with Gasteiger partial charge in [-0.3, -0.25) is 0 Å². The molecule has 0 radical (unpaired) electrons. The van der Waals surface area contributed by atoms with Crippen LogP contribution in [-0.2, 0) is 9.31 Å². The van der Waals surface area contributed by atoms with E-state index in [4.69, 9.17) is 14.0 Å². The van der Waals surface area contributed by atoms with Crippen molar-refractivity contribution in [2.24, 2.45) is 0 Å². The van der Waals surface area contributed by atoms with Gasteiger partial charge in [0.1, 0.15) is 5.75 Å². The van der Waals surface area contributed by atoms with Gasteiger partial charge in [-0.25, -0.2) is 4.98 Å². The minimum atomic E-state index is -0.402. The molecule has 4 nitrogen and oxygen atoms in total. The zero-order valence-corrected chi connectivity index (χ0v) is 14.3. The molecular formula is C18H22BNO3. The summed E-state index contributed by atoms with van der Waals surface area (Å²) in [7, 11) is -0.402. The molecule has 5 heteroatoms. The van der Waals surface area contributed by atoms with Gasteiger partial charge in [-0.1, -0.05) is 23.8 Å². The third-order valence-electron chi connectivity index (χ3n) is 4.53. The van der Waals surface area contributed by atoms with Crippen LogP contribution in [0, 0.1) is 6.92 Å². The Morgan fingerprint density at radius 1 is 0.913 bits per heavy atom. The molecule has 0 saturated carbocycles. The van der Waals surface area contributed by atoms with Gasteiger partial charge < -0.3 is 14.0 Å². The van der Waals surface area contributed by atoms with Crippen molar-refractivity contribution in [3.63, 3.8) is 0 Å². The first-order chi connectivity index (χ1) is 10.8. The summed E-state index contributed by atoms with van der Waals surface area (Å²) in [6, 6.07) is 11.6. The summed E-state index contributed by atoms with van der Waals surface area (Å²) in [6.07, 6.45) is 1.74. The number of aryl methyl sites for hydroxylation is 1. The third-order valence-corrected chi connectivity index (χ3v) is 4.53. The molecule has 1 saturated heterocycles. The molecule has 0 atom stereocenters. The van der Waals surface area contributed by atoms with Crippen molar-refractivity contribution in [1.29, 1.82) is 0 Å². The number of hydrogen-bond donors (Lipinski definition) is 0. The van der Waals surface area contributed by atoms with E-state index in [0.29, 0.717) is 5.88 Å². The number of hydrogen-bond acceptors (Lipinski definition) is 4. The van der Waals surface area contributed by atoms with Crippen molar-refractivity contribution in [3.05, 3.63) is 48.2 Å². The van der Waals surface area contributed by atoms with Crippen LogP contribution >= 0.6 is 0 Å². The lowest BCUT2D eigenvalue weighted by Gasteiger charge is -2.32. The zero-order chi connectivity index (χ0) is 16.7. The molecule has 0 aliphatic carbocycles. The second kappa shape index (κ2) is 5.66. The Bertz CT molecular complexity index is 664. The summed E-state index contributed by atoms with van der Waals surface area (Å²) in [4.78, 5) is 4.35. The highest BCUT2D eigenvalue weighted by Crippen LogP contribution is 2.36. The molecule has 0 N–H and O–H groups in total. The smallest absolute Gasteiger partial charge is 0.439 e. The molecular weight excluding hydrogens is 289 g/mol. The Kier molecular flexibility index (Phi) is 3.94. The van der Waals surface area contributed by atoms with E-state index < -0.39 is 7.12 Å². The summed E-state index contributed by atoms with van der Waals surface area (Å²) >= 11 is 0. The molecule has 1 aromatic heterocycles. The van der Waals surface area contributed by atoms with Crippen molar-refractivity contribution in [2.75, 3.05) is 0 Å². The van der Waals surface area contributed by atoms with Crippen LogP contribution in [0.1, 0.15) is 33.3 Å². The van der Waals surface area contributed by atoms with Gasteiger partial charge in [-0.15, -0.1) is 0 Å². The zero-order valence-electron chi connectivity index (χ0n) is 14.3. The number of benzene rings is 1. The predicted octanol–water partition coefficient (Wildman–Crippen LogP) is 3.48. The molecule has 2 heterocycles. The van der Waals surface area contributed by atoms with Gasteiger partial charge in [0.05, 0.1) is 11.2 Å². The largest absolute Gasteiger partial charge is 0.496 e. The topological polar surface area (TPSA) is 40.6 Å². The van der Waals surface area contributed by atoms with Crippen LogP contribution in [0.3, 0.4) is 0 Å². The van der Waals surface area contributed by atoms with Crippen LogP contribution in [-0.4, -0.2) is 23.3 Å². The lowest BCUT2D eigenvalue weighted by molar-refractivity contribution is 0.00578. The van der Waals surface area contributed by atoms with Crippen LogP contribution in [0.15, 0.2) is 42.6 Å². The van der Waals surface area contributed by atoms with Gasteiger partial charge >= 0.3 is 7.12 Å². The van der Waals surface area contributed by atoms with E-state index in [9.17, 15) is 0 Å². The third kappa shape index (κ3) is 3.26. The highest BCUT2D eigenvalue weighted by atomic mass is 16.7. The number of rotatable bonds is 3. The summed E-state index contributed by atoms with van der Waals surface area (Å²) < 4.78 is 17.8. The molecule has 23 heavy (non-hydrogen) atoms. The SMILES string of the molecule is Cc1ccc(Oc2ccc(B3OC(C)(C)C(C)(C)O3)cn2)cc1. The molecule has 120 valence electrons. The number of ether oxygens (including phenoxy) is 1. The fourth-order valence-electron chi connectivity index (χ4n) is 2.30. The standard InChI is InChI=1S/C18H22BNO3/c1-13-6-9-15(10-7-13)21-16-11-8-14(12-20-16)19-22-17(2,3)18(4,5)23-19/h6-12H,1-5H3. The van der Waals surface area contributed by atoms with Gasteiger partial charge in [0, 0.05) is 17.7 Å². The fraction of sp³-hybridized carbons (Fsp3) is 0.389. The number of nitrogens with zero attached hydrogens (tertiary/aromatic N) is 1. The van der Waals surface area contributed by atoms with Crippen LogP contribution in [0.4, 0.5) is 0 Å². The second-order valence-electron chi connectivity index (χ2n) is 6.93. The summed E-state index contributed by atoms with van der Waals surface area (Å²) in [5.74, 6) is 1.32. The van der Waals surface area contributed by atoms with Gasteiger partial charge in [0.2, 0.25) is 5.88 Å². The first-order valence-corrected chi connectivity index (χ1v) is 7.83. The van der Waals surface area contributed by atoms with E-state index in [-0.39, 0.29) is 11.2 Å². The first-order valence-electron chi connectivity index (χ1n) is 7.83. The van der Waals surface area contributed by atoms with E-state index in [2.05, 4.69) is 4.98 Å². The molecule has 1 aromatic carbocycles. The maximum Gasteiger partial charge on any atom is 0.496 e. The summed E-state index contributed by atoms with van der Waals surface area (Å²) in [5.41, 5.74) is 1.38. The van der Waals surface area contributed by atoms with E-state index in [0.717, 1.165) is 11.2 Å². The molecule has 2 aromatic rings. The van der Waals surface area contributed by atoms with Gasteiger partial charge in [0.15, 0.2) is 0 Å². The monoisotopic (exact) mass is 311 g/mol. The maximum atomic E-state index is 6.02. The quantitative estimate of drug-likeness (QED) is 0.814. The minimum absolute atomic E-state index is 0.352. The van der Waals surface area contributed by atoms with E-state index in [1.807, 2.05) is 71.0 Å². The lowest BCUT2D eigenvalue weighted by atomic mass is 9.80. The first kappa shape index (κ1) is 16.0. The van der Waals surface area contributed by atoms with Gasteiger partial charge in [-0.05, 0) is 46.8 Å². The fourth-order valence-corrected chi connectivity index (χ4v) is 2.30. The van der Waals surface area contributed by atoms with E-state index in [1.54, 1.807) is 6.20 Å². The highest BCUT2D eigenvalue weighted by Gasteiger charge is 2.51. The Hall–Kier alpha value is -1.85. The van der Waals surface area contributed by atoms with Crippen LogP contribution in [0.2, 0.25) is 0 Å². The van der Waals surface area contributed by atoms with Crippen molar-refractivity contribution in [3.8, 4) is 11.6 Å². The number of pyridine rings is 1. The Morgan fingerprint density at radius 3 is 2.04 bits per heavy atom. The highest BCUT2D eigenvalue weighted by molar-refractivity contribution is 6.62. The van der Waals surface area contributed by atoms with Crippen LogP contribution < -0.4 is 10.2 Å². The molecule has 0 amide bonds. The minimum Gasteiger partial charge on any atom is -0.439 e. The average Bonchev–Trinajstić information content (AvgIpc) is 2.71. The molecule has 0 unspecified atom stereocenters. The predicted molar refractivity (Wildman–Crippen MR) is 91.2 cm³/mol. The van der Waals surface area contributed by atoms with Crippen LogP contribution in [0.5, 0.6) is 11.6 Å². The van der Waals surface area contributed by atoms with Crippen molar-refractivity contribution in [1.82, 2.24) is 4.98 Å². The molecule has 0 spiro atoms. The van der Waals surface area contributed by atoms with Crippen molar-refractivity contribution < 1.29 is 14.0 Å². The van der Waals surface area contributed by atoms with E-state index >= 15 is 0 Å². The van der Waals surface area contributed by atoms with E-state index in [1.165, 1.54) is 5.56 Å². The van der Waals surface area contributed by atoms with Crippen molar-refractivity contribution >= 4 is 12.6 Å². The lowest BCUT2D eigenvalue weighted by Crippen LogP contribution is -2.41. The summed E-state index contributed by atoms with van der Waals surface area (Å²) in [6.45, 7) is 10.2. The number of aromatic nitrogens is 1. The normalized spacial score (nSPS) is 18.9. The molecule has 0 bridgehead atoms. The molecule has 1 fully saturated rings. The molecule has 3 rings (SSSR count). The second-order valence-corrected chi connectivity index (χ2v) is 6.93. The molecule has 1 aliphatic rings. The Balaban J connectivity index is 1.72.